The highest BCUT2D eigenvalue weighted by molar-refractivity contribution is 7.98. The van der Waals surface area contributed by atoms with Crippen LogP contribution in [0, 0.1) is 12.8 Å². The van der Waals surface area contributed by atoms with Crippen molar-refractivity contribution in [1.82, 2.24) is 4.31 Å². The molecule has 1 heterocycles. The predicted molar refractivity (Wildman–Crippen MR) is 110 cm³/mol. The highest BCUT2D eigenvalue weighted by Crippen LogP contribution is 2.25. The number of sulfonamides is 1. The normalized spacial score (nSPS) is 16.2. The molecule has 0 unspecified atom stereocenters. The number of carbonyl (C=O) groups is 1. The maximum Gasteiger partial charge on any atom is 0.243 e. The van der Waals surface area contributed by atoms with Crippen LogP contribution < -0.4 is 5.32 Å². The van der Waals surface area contributed by atoms with Gasteiger partial charge in [0.05, 0.1) is 4.90 Å². The Kier molecular flexibility index (Phi) is 6.24. The van der Waals surface area contributed by atoms with E-state index in [0.717, 1.165) is 16.1 Å². The lowest BCUT2D eigenvalue weighted by Gasteiger charge is -2.30. The zero-order chi connectivity index (χ0) is 19.4. The summed E-state index contributed by atoms with van der Waals surface area (Å²) in [7, 11) is -3.50. The number of piperidine rings is 1. The van der Waals surface area contributed by atoms with E-state index in [0.29, 0.717) is 30.8 Å². The molecule has 1 amide bonds. The summed E-state index contributed by atoms with van der Waals surface area (Å²) < 4.78 is 27.0. The lowest BCUT2D eigenvalue weighted by Crippen LogP contribution is -2.41. The van der Waals surface area contributed by atoms with E-state index in [-0.39, 0.29) is 11.8 Å². The number of nitrogens with zero attached hydrogens (tertiary/aromatic N) is 1. The zero-order valence-corrected chi connectivity index (χ0v) is 17.1. The summed E-state index contributed by atoms with van der Waals surface area (Å²) in [5, 5.41) is 2.94. The van der Waals surface area contributed by atoms with Crippen molar-refractivity contribution >= 4 is 33.4 Å². The van der Waals surface area contributed by atoms with Gasteiger partial charge >= 0.3 is 0 Å². The van der Waals surface area contributed by atoms with E-state index in [1.54, 1.807) is 36.0 Å². The number of benzene rings is 2. The molecule has 0 saturated carbocycles. The third-order valence-electron chi connectivity index (χ3n) is 4.84. The number of carbonyl (C=O) groups excluding carboxylic acids is 1. The summed E-state index contributed by atoms with van der Waals surface area (Å²) in [6.07, 6.45) is 3.06. The minimum atomic E-state index is -3.50. The van der Waals surface area contributed by atoms with Crippen LogP contribution in [-0.4, -0.2) is 38.0 Å². The van der Waals surface area contributed by atoms with E-state index < -0.39 is 10.0 Å². The average Bonchev–Trinajstić information content (AvgIpc) is 2.69. The third kappa shape index (κ3) is 4.72. The molecule has 0 atom stereocenters. The van der Waals surface area contributed by atoms with E-state index in [4.69, 9.17) is 0 Å². The smallest absolute Gasteiger partial charge is 0.243 e. The van der Waals surface area contributed by atoms with Gasteiger partial charge in [-0.25, -0.2) is 8.42 Å². The summed E-state index contributed by atoms with van der Waals surface area (Å²) in [6.45, 7) is 2.65. The standard InChI is InChI=1S/C20H24N2O3S2/c1-15-3-9-19(10-4-15)27(24,25)22-13-11-16(12-14-22)20(23)21-17-5-7-18(26-2)8-6-17/h3-10,16H,11-14H2,1-2H3,(H,21,23). The molecule has 2 aromatic rings. The fourth-order valence-corrected chi connectivity index (χ4v) is 5.01. The van der Waals surface area contributed by atoms with Crippen LogP contribution in [0.3, 0.4) is 0 Å². The summed E-state index contributed by atoms with van der Waals surface area (Å²) >= 11 is 1.65. The van der Waals surface area contributed by atoms with Crippen LogP contribution in [0.4, 0.5) is 5.69 Å². The molecule has 0 spiro atoms. The number of thioether (sulfide) groups is 1. The minimum absolute atomic E-state index is 0.0423. The van der Waals surface area contributed by atoms with Gasteiger partial charge in [0.2, 0.25) is 15.9 Å². The molecule has 0 radical (unpaired) electrons. The summed E-state index contributed by atoms with van der Waals surface area (Å²) in [5.41, 5.74) is 1.79. The first kappa shape index (κ1) is 19.9. The van der Waals surface area contributed by atoms with Crippen molar-refractivity contribution in [2.45, 2.75) is 29.6 Å². The molecule has 2 aromatic carbocycles. The van der Waals surface area contributed by atoms with Gasteiger partial charge in [-0.1, -0.05) is 17.7 Å². The molecule has 1 N–H and O–H groups in total. The molecular formula is C20H24N2O3S2. The van der Waals surface area contributed by atoms with E-state index in [1.165, 1.54) is 4.31 Å². The average molecular weight is 405 g/mol. The lowest BCUT2D eigenvalue weighted by atomic mass is 9.97. The highest BCUT2D eigenvalue weighted by Gasteiger charge is 2.32. The number of rotatable bonds is 5. The van der Waals surface area contributed by atoms with Gasteiger partial charge in [-0.2, -0.15) is 4.31 Å². The molecule has 5 nitrogen and oxygen atoms in total. The van der Waals surface area contributed by atoms with E-state index in [1.807, 2.05) is 37.4 Å². The second-order valence-corrected chi connectivity index (χ2v) is 9.53. The molecule has 0 bridgehead atoms. The van der Waals surface area contributed by atoms with Crippen LogP contribution in [0.15, 0.2) is 58.3 Å². The topological polar surface area (TPSA) is 66.5 Å². The maximum atomic E-state index is 12.7. The highest BCUT2D eigenvalue weighted by atomic mass is 32.2. The van der Waals surface area contributed by atoms with Crippen LogP contribution in [0.5, 0.6) is 0 Å². The first-order valence-electron chi connectivity index (χ1n) is 8.92. The Morgan fingerprint density at radius 2 is 1.63 bits per heavy atom. The van der Waals surface area contributed by atoms with Crippen LogP contribution in [-0.2, 0) is 14.8 Å². The molecule has 0 aromatic heterocycles. The molecule has 27 heavy (non-hydrogen) atoms. The van der Waals surface area contributed by atoms with Gasteiger partial charge in [0.1, 0.15) is 0 Å². The van der Waals surface area contributed by atoms with Crippen molar-refractivity contribution in [3.63, 3.8) is 0 Å². The van der Waals surface area contributed by atoms with Crippen LogP contribution in [0.2, 0.25) is 0 Å². The van der Waals surface area contributed by atoms with Gasteiger partial charge in [0, 0.05) is 29.6 Å². The van der Waals surface area contributed by atoms with Gasteiger partial charge in [0.25, 0.3) is 0 Å². The molecule has 1 aliphatic rings. The number of hydrogen-bond donors (Lipinski definition) is 1. The SMILES string of the molecule is CSc1ccc(NC(=O)C2CCN(S(=O)(=O)c3ccc(C)cc3)CC2)cc1. The Morgan fingerprint density at radius 1 is 1.04 bits per heavy atom. The first-order chi connectivity index (χ1) is 12.9. The molecule has 3 rings (SSSR count). The van der Waals surface area contributed by atoms with Crippen molar-refractivity contribution in [2.24, 2.45) is 5.92 Å². The van der Waals surface area contributed by atoms with Crippen molar-refractivity contribution < 1.29 is 13.2 Å². The number of hydrogen-bond acceptors (Lipinski definition) is 4. The predicted octanol–water partition coefficient (Wildman–Crippen LogP) is 3.76. The first-order valence-corrected chi connectivity index (χ1v) is 11.6. The molecule has 1 saturated heterocycles. The molecule has 1 aliphatic heterocycles. The zero-order valence-electron chi connectivity index (χ0n) is 15.5. The molecule has 144 valence electrons. The molecular weight excluding hydrogens is 380 g/mol. The molecule has 0 aliphatic carbocycles. The van der Waals surface area contributed by atoms with E-state index >= 15 is 0 Å². The minimum Gasteiger partial charge on any atom is -0.326 e. The van der Waals surface area contributed by atoms with Crippen LogP contribution in [0.1, 0.15) is 18.4 Å². The number of nitrogens with one attached hydrogen (secondary N) is 1. The van der Waals surface area contributed by atoms with Crippen molar-refractivity contribution in [1.29, 1.82) is 0 Å². The van der Waals surface area contributed by atoms with Gasteiger partial charge in [-0.15, -0.1) is 11.8 Å². The third-order valence-corrected chi connectivity index (χ3v) is 7.50. The Labute approximate surface area is 165 Å². The second-order valence-electron chi connectivity index (χ2n) is 6.71. The van der Waals surface area contributed by atoms with E-state index in [9.17, 15) is 13.2 Å². The number of anilines is 1. The van der Waals surface area contributed by atoms with Gasteiger partial charge in [0.15, 0.2) is 0 Å². The van der Waals surface area contributed by atoms with Crippen molar-refractivity contribution in [3.05, 3.63) is 54.1 Å². The quantitative estimate of drug-likeness (QED) is 0.771. The maximum absolute atomic E-state index is 12.7. The Morgan fingerprint density at radius 3 is 2.19 bits per heavy atom. The van der Waals surface area contributed by atoms with E-state index in [2.05, 4.69) is 5.32 Å². The summed E-state index contributed by atoms with van der Waals surface area (Å²) in [5.74, 6) is -0.214. The fourth-order valence-electron chi connectivity index (χ4n) is 3.14. The Bertz CT molecular complexity index is 886. The second kappa shape index (κ2) is 8.46. The monoisotopic (exact) mass is 404 g/mol. The van der Waals surface area contributed by atoms with Crippen molar-refractivity contribution in [3.8, 4) is 0 Å². The fraction of sp³-hybridized carbons (Fsp3) is 0.350. The largest absolute Gasteiger partial charge is 0.326 e. The number of amides is 1. The summed E-state index contributed by atoms with van der Waals surface area (Å²) in [6, 6.07) is 14.6. The van der Waals surface area contributed by atoms with Gasteiger partial charge in [-0.3, -0.25) is 4.79 Å². The lowest BCUT2D eigenvalue weighted by molar-refractivity contribution is -0.120. The Balaban J connectivity index is 1.59. The van der Waals surface area contributed by atoms with Crippen LogP contribution in [0.25, 0.3) is 0 Å². The molecule has 1 fully saturated rings. The van der Waals surface area contributed by atoms with Crippen LogP contribution >= 0.6 is 11.8 Å². The van der Waals surface area contributed by atoms with Gasteiger partial charge in [-0.05, 0) is 62.4 Å². The van der Waals surface area contributed by atoms with Crippen molar-refractivity contribution in [2.75, 3.05) is 24.7 Å². The molecule has 7 heteroatoms. The number of aryl methyl sites for hydroxylation is 1. The summed E-state index contributed by atoms with van der Waals surface area (Å²) in [4.78, 5) is 14.0. The Hall–Kier alpha value is -1.83. The van der Waals surface area contributed by atoms with Gasteiger partial charge < -0.3 is 5.32 Å².